The van der Waals surface area contributed by atoms with Crippen molar-refractivity contribution in [1.29, 1.82) is 0 Å². The molecule has 4 atom stereocenters. The number of hydrogen-bond donors (Lipinski definition) is 0. The Morgan fingerprint density at radius 2 is 1.84 bits per heavy atom. The zero-order valence-electron chi connectivity index (χ0n) is 12.0. The lowest BCUT2D eigenvalue weighted by Crippen LogP contribution is -2.48. The molecule has 0 radical (unpaired) electrons. The Morgan fingerprint density at radius 1 is 1.21 bits per heavy atom. The van der Waals surface area contributed by atoms with Crippen molar-refractivity contribution in [2.75, 3.05) is 13.2 Å². The summed E-state index contributed by atoms with van der Waals surface area (Å²) in [4.78, 5) is 22.1. The highest BCUT2D eigenvalue weighted by molar-refractivity contribution is 5.66. The first-order valence-corrected chi connectivity index (χ1v) is 6.72. The van der Waals surface area contributed by atoms with Crippen LogP contribution in [0.25, 0.3) is 0 Å². The van der Waals surface area contributed by atoms with Crippen LogP contribution in [0.4, 0.5) is 0 Å². The van der Waals surface area contributed by atoms with Crippen molar-refractivity contribution in [2.24, 2.45) is 11.3 Å². The molecule has 2 fully saturated rings. The zero-order valence-corrected chi connectivity index (χ0v) is 12.0. The van der Waals surface area contributed by atoms with E-state index in [0.29, 0.717) is 13.2 Å². The van der Waals surface area contributed by atoms with Crippen molar-refractivity contribution in [3.63, 3.8) is 0 Å². The molecule has 108 valence electrons. The summed E-state index contributed by atoms with van der Waals surface area (Å²) in [6.45, 7) is 7.55. The molecule has 0 aromatic carbocycles. The standard InChI is InChI=1S/C14H22O5/c1-9(15)17-7-11-13(3,8-18-10(2)16)12-5-6-14(11,4)19-12/h11-12H,5-8H2,1-4H3/t11-,12+,13+,14+/m1/s1. The van der Waals surface area contributed by atoms with Gasteiger partial charge in [-0.3, -0.25) is 9.59 Å². The molecular weight excluding hydrogens is 248 g/mol. The van der Waals surface area contributed by atoms with E-state index in [1.54, 1.807) is 0 Å². The van der Waals surface area contributed by atoms with Gasteiger partial charge in [-0.2, -0.15) is 0 Å². The molecule has 0 aromatic rings. The molecule has 5 nitrogen and oxygen atoms in total. The lowest BCUT2D eigenvalue weighted by molar-refractivity contribution is -0.151. The van der Waals surface area contributed by atoms with Gasteiger partial charge in [0.05, 0.1) is 24.9 Å². The van der Waals surface area contributed by atoms with Gasteiger partial charge in [0.15, 0.2) is 0 Å². The Morgan fingerprint density at radius 3 is 2.42 bits per heavy atom. The molecular formula is C14H22O5. The molecule has 0 saturated carbocycles. The summed E-state index contributed by atoms with van der Waals surface area (Å²) >= 11 is 0. The van der Waals surface area contributed by atoms with Crippen LogP contribution in [0, 0.1) is 11.3 Å². The Hall–Kier alpha value is -1.10. The largest absolute Gasteiger partial charge is 0.465 e. The number of ether oxygens (including phenoxy) is 3. The van der Waals surface area contributed by atoms with E-state index < -0.39 is 0 Å². The molecule has 19 heavy (non-hydrogen) atoms. The van der Waals surface area contributed by atoms with E-state index in [4.69, 9.17) is 14.2 Å². The Kier molecular flexibility index (Phi) is 3.60. The van der Waals surface area contributed by atoms with Gasteiger partial charge in [-0.25, -0.2) is 0 Å². The second-order valence-electron chi connectivity index (χ2n) is 6.10. The maximum atomic E-state index is 11.1. The van der Waals surface area contributed by atoms with E-state index >= 15 is 0 Å². The number of fused-ring (bicyclic) bond motifs is 2. The number of hydrogen-bond acceptors (Lipinski definition) is 5. The Balaban J connectivity index is 2.14. The lowest BCUT2D eigenvalue weighted by atomic mass is 9.63. The van der Waals surface area contributed by atoms with E-state index in [2.05, 4.69) is 13.8 Å². The third-order valence-electron chi connectivity index (χ3n) is 4.62. The predicted molar refractivity (Wildman–Crippen MR) is 67.4 cm³/mol. The normalized spacial score (nSPS) is 40.2. The van der Waals surface area contributed by atoms with E-state index in [-0.39, 0.29) is 35.0 Å². The maximum absolute atomic E-state index is 11.1. The monoisotopic (exact) mass is 270 g/mol. The van der Waals surface area contributed by atoms with Crippen molar-refractivity contribution in [1.82, 2.24) is 0 Å². The minimum Gasteiger partial charge on any atom is -0.465 e. The van der Waals surface area contributed by atoms with E-state index in [0.717, 1.165) is 12.8 Å². The van der Waals surface area contributed by atoms with Crippen LogP contribution in [0.15, 0.2) is 0 Å². The van der Waals surface area contributed by atoms with E-state index in [9.17, 15) is 9.59 Å². The van der Waals surface area contributed by atoms with Gasteiger partial charge >= 0.3 is 11.9 Å². The molecule has 0 aliphatic carbocycles. The molecule has 0 N–H and O–H groups in total. The lowest BCUT2D eigenvalue weighted by Gasteiger charge is -2.40. The first-order valence-electron chi connectivity index (χ1n) is 6.72. The highest BCUT2D eigenvalue weighted by Gasteiger charge is 2.63. The molecule has 0 spiro atoms. The highest BCUT2D eigenvalue weighted by Crippen LogP contribution is 2.57. The Labute approximate surface area is 113 Å². The van der Waals surface area contributed by atoms with Crippen LogP contribution >= 0.6 is 0 Å². The first kappa shape index (κ1) is 14.3. The fourth-order valence-corrected chi connectivity index (χ4v) is 3.52. The minimum atomic E-state index is -0.291. The summed E-state index contributed by atoms with van der Waals surface area (Å²) in [5, 5.41) is 0. The van der Waals surface area contributed by atoms with Gasteiger partial charge in [0.25, 0.3) is 0 Å². The number of carbonyl (C=O) groups is 2. The van der Waals surface area contributed by atoms with Gasteiger partial charge in [-0.1, -0.05) is 6.92 Å². The third kappa shape index (κ3) is 2.48. The van der Waals surface area contributed by atoms with Gasteiger partial charge in [-0.05, 0) is 19.8 Å². The average Bonchev–Trinajstić information content (AvgIpc) is 2.77. The molecule has 0 aromatic heterocycles. The van der Waals surface area contributed by atoms with Gasteiger partial charge in [0, 0.05) is 25.2 Å². The van der Waals surface area contributed by atoms with Crippen LogP contribution in [0.1, 0.15) is 40.5 Å². The molecule has 2 heterocycles. The van der Waals surface area contributed by atoms with Crippen molar-refractivity contribution in [2.45, 2.75) is 52.2 Å². The predicted octanol–water partition coefficient (Wildman–Crippen LogP) is 1.69. The fourth-order valence-electron chi connectivity index (χ4n) is 3.52. The fraction of sp³-hybridized carbons (Fsp3) is 0.857. The van der Waals surface area contributed by atoms with E-state index in [1.165, 1.54) is 13.8 Å². The van der Waals surface area contributed by atoms with Crippen LogP contribution in [0.3, 0.4) is 0 Å². The summed E-state index contributed by atoms with van der Waals surface area (Å²) in [7, 11) is 0. The number of rotatable bonds is 4. The van der Waals surface area contributed by atoms with Crippen LogP contribution in [0.2, 0.25) is 0 Å². The molecule has 5 heteroatoms. The summed E-state index contributed by atoms with van der Waals surface area (Å²) in [5.41, 5.74) is -0.566. The second-order valence-corrected chi connectivity index (χ2v) is 6.10. The van der Waals surface area contributed by atoms with Crippen molar-refractivity contribution in [3.8, 4) is 0 Å². The highest BCUT2D eigenvalue weighted by atomic mass is 16.6. The SMILES string of the molecule is CC(=O)OC[C@@H]1[C@](C)(COC(C)=O)[C@@H]2CC[C@]1(C)O2. The van der Waals surface area contributed by atoms with Crippen molar-refractivity contribution >= 4 is 11.9 Å². The number of carbonyl (C=O) groups excluding carboxylic acids is 2. The average molecular weight is 270 g/mol. The van der Waals surface area contributed by atoms with Gasteiger partial charge < -0.3 is 14.2 Å². The summed E-state index contributed by atoms with van der Waals surface area (Å²) < 4.78 is 16.5. The summed E-state index contributed by atoms with van der Waals surface area (Å²) in [6, 6.07) is 0. The number of esters is 2. The van der Waals surface area contributed by atoms with Gasteiger partial charge in [-0.15, -0.1) is 0 Å². The topological polar surface area (TPSA) is 61.8 Å². The van der Waals surface area contributed by atoms with E-state index in [1.807, 2.05) is 0 Å². The zero-order chi connectivity index (χ0) is 14.3. The maximum Gasteiger partial charge on any atom is 0.302 e. The molecule has 2 aliphatic rings. The molecule has 0 amide bonds. The van der Waals surface area contributed by atoms with Crippen LogP contribution < -0.4 is 0 Å². The molecule has 2 saturated heterocycles. The van der Waals surface area contributed by atoms with Crippen molar-refractivity contribution < 1.29 is 23.8 Å². The minimum absolute atomic E-state index is 0.0574. The smallest absolute Gasteiger partial charge is 0.302 e. The first-order chi connectivity index (χ1) is 8.78. The molecule has 2 aliphatic heterocycles. The van der Waals surface area contributed by atoms with Gasteiger partial charge in [0.2, 0.25) is 0 Å². The van der Waals surface area contributed by atoms with Crippen molar-refractivity contribution in [3.05, 3.63) is 0 Å². The summed E-state index contributed by atoms with van der Waals surface area (Å²) in [6.07, 6.45) is 1.99. The Bertz CT molecular complexity index is 393. The van der Waals surface area contributed by atoms with Crippen LogP contribution in [0.5, 0.6) is 0 Å². The summed E-state index contributed by atoms with van der Waals surface area (Å²) in [5.74, 6) is -0.524. The molecule has 2 rings (SSSR count). The second kappa shape index (κ2) is 4.78. The quantitative estimate of drug-likeness (QED) is 0.727. The van der Waals surface area contributed by atoms with Crippen LogP contribution in [-0.4, -0.2) is 36.9 Å². The molecule has 0 unspecified atom stereocenters. The molecule has 2 bridgehead atoms. The third-order valence-corrected chi connectivity index (χ3v) is 4.62. The van der Waals surface area contributed by atoms with Gasteiger partial charge in [0.1, 0.15) is 0 Å². The van der Waals surface area contributed by atoms with Crippen LogP contribution in [-0.2, 0) is 23.8 Å².